The predicted molar refractivity (Wildman–Crippen MR) is 75.3 cm³/mol. The van der Waals surface area contributed by atoms with Gasteiger partial charge in [0.2, 0.25) is 0 Å². The first-order valence-electron chi connectivity index (χ1n) is 5.13. The Kier molecular flexibility index (Phi) is 4.13. The summed E-state index contributed by atoms with van der Waals surface area (Å²) in [5.74, 6) is 0. The number of aryl methyl sites for hydroxylation is 1. The van der Waals surface area contributed by atoms with E-state index in [0.717, 1.165) is 21.8 Å². The van der Waals surface area contributed by atoms with Crippen molar-refractivity contribution < 1.29 is 0 Å². The Bertz CT molecular complexity index is 476. The predicted octanol–water partition coefficient (Wildman–Crippen LogP) is 3.92. The molecular formula is C11H13BrN2S2. The third-order valence-electron chi connectivity index (χ3n) is 2.23. The van der Waals surface area contributed by atoms with Crippen LogP contribution in [0.25, 0.3) is 9.88 Å². The van der Waals surface area contributed by atoms with E-state index in [9.17, 15) is 0 Å². The lowest BCUT2D eigenvalue weighted by atomic mass is 10.3. The number of nitrogens with one attached hydrogen (secondary N) is 1. The molecule has 0 radical (unpaired) electrons. The molecule has 2 heterocycles. The van der Waals surface area contributed by atoms with E-state index >= 15 is 0 Å². The maximum Gasteiger partial charge on any atom is 0.133 e. The SMILES string of the molecule is CCc1nc(-c2ccc(Br)s2)sc1CNC. The Morgan fingerprint density at radius 2 is 2.19 bits per heavy atom. The second-order valence-electron chi connectivity index (χ2n) is 3.38. The topological polar surface area (TPSA) is 24.9 Å². The van der Waals surface area contributed by atoms with Gasteiger partial charge in [-0.15, -0.1) is 22.7 Å². The first kappa shape index (κ1) is 12.2. The lowest BCUT2D eigenvalue weighted by molar-refractivity contribution is 0.815. The van der Waals surface area contributed by atoms with E-state index in [2.05, 4.69) is 40.3 Å². The number of nitrogens with zero attached hydrogens (tertiary/aromatic N) is 1. The molecule has 0 aliphatic rings. The van der Waals surface area contributed by atoms with E-state index in [-0.39, 0.29) is 0 Å². The van der Waals surface area contributed by atoms with Gasteiger partial charge in [0.05, 0.1) is 14.4 Å². The van der Waals surface area contributed by atoms with Gasteiger partial charge in [-0.25, -0.2) is 4.98 Å². The number of thiazole rings is 1. The van der Waals surface area contributed by atoms with Gasteiger partial charge in [0.25, 0.3) is 0 Å². The molecule has 0 atom stereocenters. The summed E-state index contributed by atoms with van der Waals surface area (Å²) < 4.78 is 1.16. The summed E-state index contributed by atoms with van der Waals surface area (Å²) in [6, 6.07) is 4.20. The van der Waals surface area contributed by atoms with Gasteiger partial charge < -0.3 is 5.32 Å². The monoisotopic (exact) mass is 316 g/mol. The average molecular weight is 317 g/mol. The smallest absolute Gasteiger partial charge is 0.133 e. The first-order valence-corrected chi connectivity index (χ1v) is 7.56. The lowest BCUT2D eigenvalue weighted by Crippen LogP contribution is -2.05. The Labute approximate surface area is 112 Å². The molecule has 2 aromatic rings. The summed E-state index contributed by atoms with van der Waals surface area (Å²) in [6.45, 7) is 3.07. The maximum atomic E-state index is 4.70. The van der Waals surface area contributed by atoms with E-state index < -0.39 is 0 Å². The zero-order chi connectivity index (χ0) is 11.5. The van der Waals surface area contributed by atoms with Crippen molar-refractivity contribution in [3.8, 4) is 9.88 Å². The van der Waals surface area contributed by atoms with Crippen molar-refractivity contribution in [2.24, 2.45) is 0 Å². The molecule has 0 aliphatic heterocycles. The number of thiophene rings is 1. The molecule has 0 bridgehead atoms. The highest BCUT2D eigenvalue weighted by Gasteiger charge is 2.11. The second kappa shape index (κ2) is 5.40. The lowest BCUT2D eigenvalue weighted by Gasteiger charge is -1.96. The zero-order valence-electron chi connectivity index (χ0n) is 9.21. The number of aromatic nitrogens is 1. The summed E-state index contributed by atoms with van der Waals surface area (Å²) >= 11 is 7.01. The Hall–Kier alpha value is -0.230. The second-order valence-corrected chi connectivity index (χ2v) is 6.92. The van der Waals surface area contributed by atoms with Crippen LogP contribution in [0, 0.1) is 0 Å². The Morgan fingerprint density at radius 3 is 2.75 bits per heavy atom. The van der Waals surface area contributed by atoms with Gasteiger partial charge in [-0.1, -0.05) is 6.92 Å². The standard InChI is InChI=1S/C11H13BrN2S2/c1-3-7-9(6-13-2)16-11(14-7)8-4-5-10(12)15-8/h4-5,13H,3,6H2,1-2H3. The minimum atomic E-state index is 0.910. The molecule has 5 heteroatoms. The van der Waals surface area contributed by atoms with Gasteiger partial charge in [0.15, 0.2) is 0 Å². The van der Waals surface area contributed by atoms with E-state index in [1.807, 2.05) is 7.05 Å². The molecule has 0 aliphatic carbocycles. The van der Waals surface area contributed by atoms with Crippen molar-refractivity contribution in [1.29, 1.82) is 0 Å². The van der Waals surface area contributed by atoms with Crippen LogP contribution in [-0.4, -0.2) is 12.0 Å². The highest BCUT2D eigenvalue weighted by atomic mass is 79.9. The number of rotatable bonds is 4. The third kappa shape index (κ3) is 2.53. The molecule has 0 amide bonds. The molecule has 1 N–H and O–H groups in total. The van der Waals surface area contributed by atoms with Crippen LogP contribution in [0.3, 0.4) is 0 Å². The summed E-state index contributed by atoms with van der Waals surface area (Å²) in [4.78, 5) is 7.29. The molecule has 0 unspecified atom stereocenters. The van der Waals surface area contributed by atoms with Crippen molar-refractivity contribution in [3.05, 3.63) is 26.5 Å². The molecule has 2 aromatic heterocycles. The third-order valence-corrected chi connectivity index (χ3v) is 5.12. The van der Waals surface area contributed by atoms with Gasteiger partial charge in [-0.3, -0.25) is 0 Å². The molecule has 0 saturated heterocycles. The van der Waals surface area contributed by atoms with Crippen LogP contribution in [0.4, 0.5) is 0 Å². The highest BCUT2D eigenvalue weighted by molar-refractivity contribution is 9.11. The molecule has 86 valence electrons. The van der Waals surface area contributed by atoms with E-state index in [4.69, 9.17) is 4.98 Å². The quantitative estimate of drug-likeness (QED) is 0.924. The van der Waals surface area contributed by atoms with Gasteiger partial charge in [0.1, 0.15) is 5.01 Å². The van der Waals surface area contributed by atoms with Crippen LogP contribution in [0.2, 0.25) is 0 Å². The Morgan fingerprint density at radius 1 is 1.38 bits per heavy atom. The average Bonchev–Trinajstić information content (AvgIpc) is 2.85. The number of hydrogen-bond donors (Lipinski definition) is 1. The molecule has 0 saturated carbocycles. The van der Waals surface area contributed by atoms with Crippen LogP contribution < -0.4 is 5.32 Å². The maximum absolute atomic E-state index is 4.70. The van der Waals surface area contributed by atoms with Crippen molar-refractivity contribution >= 4 is 38.6 Å². The molecule has 16 heavy (non-hydrogen) atoms. The number of halogens is 1. The first-order chi connectivity index (χ1) is 7.74. The van der Waals surface area contributed by atoms with E-state index in [1.165, 1.54) is 15.4 Å². The van der Waals surface area contributed by atoms with Gasteiger partial charge in [-0.05, 0) is 41.5 Å². The molecular weight excluding hydrogens is 304 g/mol. The van der Waals surface area contributed by atoms with Crippen molar-refractivity contribution in [2.45, 2.75) is 19.9 Å². The molecule has 2 rings (SSSR count). The Balaban J connectivity index is 2.35. The summed E-state index contributed by atoms with van der Waals surface area (Å²) in [7, 11) is 1.97. The summed E-state index contributed by atoms with van der Waals surface area (Å²) in [6.07, 6.45) is 1.00. The fourth-order valence-electron chi connectivity index (χ4n) is 1.49. The fourth-order valence-corrected chi connectivity index (χ4v) is 4.10. The van der Waals surface area contributed by atoms with Crippen LogP contribution in [-0.2, 0) is 13.0 Å². The van der Waals surface area contributed by atoms with E-state index in [1.54, 1.807) is 22.7 Å². The van der Waals surface area contributed by atoms with Gasteiger partial charge in [-0.2, -0.15) is 0 Å². The van der Waals surface area contributed by atoms with E-state index in [0.29, 0.717) is 0 Å². The molecule has 0 fully saturated rings. The van der Waals surface area contributed by atoms with Crippen molar-refractivity contribution in [1.82, 2.24) is 10.3 Å². The minimum absolute atomic E-state index is 0.910. The van der Waals surface area contributed by atoms with Crippen LogP contribution in [0.1, 0.15) is 17.5 Å². The van der Waals surface area contributed by atoms with Crippen LogP contribution in [0.15, 0.2) is 15.9 Å². The summed E-state index contributed by atoms with van der Waals surface area (Å²) in [5.41, 5.74) is 1.22. The van der Waals surface area contributed by atoms with Gasteiger partial charge in [0, 0.05) is 11.4 Å². The van der Waals surface area contributed by atoms with Crippen LogP contribution >= 0.6 is 38.6 Å². The minimum Gasteiger partial charge on any atom is -0.315 e. The fraction of sp³-hybridized carbons (Fsp3) is 0.364. The largest absolute Gasteiger partial charge is 0.315 e. The normalized spacial score (nSPS) is 10.9. The molecule has 0 spiro atoms. The van der Waals surface area contributed by atoms with Crippen molar-refractivity contribution in [2.75, 3.05) is 7.05 Å². The van der Waals surface area contributed by atoms with Gasteiger partial charge >= 0.3 is 0 Å². The molecule has 0 aromatic carbocycles. The zero-order valence-corrected chi connectivity index (χ0v) is 12.4. The highest BCUT2D eigenvalue weighted by Crippen LogP contribution is 2.35. The number of hydrogen-bond acceptors (Lipinski definition) is 4. The van der Waals surface area contributed by atoms with Crippen molar-refractivity contribution in [3.63, 3.8) is 0 Å². The summed E-state index contributed by atoms with van der Waals surface area (Å²) in [5, 5.41) is 4.33. The van der Waals surface area contributed by atoms with Crippen LogP contribution in [0.5, 0.6) is 0 Å². The molecule has 2 nitrogen and oxygen atoms in total.